The Hall–Kier alpha value is -3.37. The minimum atomic E-state index is -0.151. The highest BCUT2D eigenvalue weighted by Gasteiger charge is 2.15. The molecule has 0 radical (unpaired) electrons. The Morgan fingerprint density at radius 2 is 1.41 bits per heavy atom. The lowest BCUT2D eigenvalue weighted by Gasteiger charge is -2.12. The van der Waals surface area contributed by atoms with Crippen LogP contribution in [0.4, 0.5) is 5.69 Å². The average molecular weight is 442 g/mol. The quantitative estimate of drug-likeness (QED) is 0.319. The highest BCUT2D eigenvalue weighted by atomic mass is 79.9. The highest BCUT2D eigenvalue weighted by Crippen LogP contribution is 2.38. The lowest BCUT2D eigenvalue weighted by atomic mass is 10.0. The number of rotatable bonds is 3. The standard InChI is InChI=1S/C25H16BrNO2/c26-17-14-12-16(13-15-17)25(28)27-22-10-3-1-6-18(22)20-8-5-9-21-19-7-2-4-11-23(19)29-24(20)21/h1-15H,(H,27,28). The van der Waals surface area contributed by atoms with Crippen LogP contribution >= 0.6 is 15.9 Å². The Labute approximate surface area is 176 Å². The molecule has 4 aromatic carbocycles. The van der Waals surface area contributed by atoms with Crippen LogP contribution in [0.15, 0.2) is 99.9 Å². The zero-order valence-electron chi connectivity index (χ0n) is 15.4. The summed E-state index contributed by atoms with van der Waals surface area (Å²) in [4.78, 5) is 12.8. The molecule has 0 fully saturated rings. The first-order valence-electron chi connectivity index (χ1n) is 9.27. The normalized spacial score (nSPS) is 11.1. The van der Waals surface area contributed by atoms with Gasteiger partial charge in [-0.15, -0.1) is 0 Å². The van der Waals surface area contributed by atoms with Crippen molar-refractivity contribution >= 4 is 49.5 Å². The fourth-order valence-corrected chi connectivity index (χ4v) is 3.85. The van der Waals surface area contributed by atoms with Gasteiger partial charge < -0.3 is 9.73 Å². The number of fused-ring (bicyclic) bond motifs is 3. The minimum absolute atomic E-state index is 0.151. The first kappa shape index (κ1) is 17.7. The van der Waals surface area contributed by atoms with Gasteiger partial charge in [0.05, 0.1) is 0 Å². The van der Waals surface area contributed by atoms with Gasteiger partial charge >= 0.3 is 0 Å². The fraction of sp³-hybridized carbons (Fsp3) is 0. The number of anilines is 1. The molecule has 1 heterocycles. The topological polar surface area (TPSA) is 42.2 Å². The molecular formula is C25H16BrNO2. The van der Waals surface area contributed by atoms with Crippen molar-refractivity contribution in [3.05, 3.63) is 101 Å². The molecular weight excluding hydrogens is 426 g/mol. The number of benzene rings is 4. The van der Waals surface area contributed by atoms with Crippen molar-refractivity contribution in [3.63, 3.8) is 0 Å². The average Bonchev–Trinajstić information content (AvgIpc) is 3.13. The van der Waals surface area contributed by atoms with Crippen LogP contribution in [-0.4, -0.2) is 5.91 Å². The molecule has 0 unspecified atom stereocenters. The van der Waals surface area contributed by atoms with E-state index in [2.05, 4.69) is 33.4 Å². The van der Waals surface area contributed by atoms with Gasteiger partial charge in [0.25, 0.3) is 5.91 Å². The van der Waals surface area contributed by atoms with Crippen LogP contribution in [-0.2, 0) is 0 Å². The lowest BCUT2D eigenvalue weighted by Crippen LogP contribution is -2.12. The molecule has 140 valence electrons. The van der Waals surface area contributed by atoms with Crippen LogP contribution in [0.1, 0.15) is 10.4 Å². The monoisotopic (exact) mass is 441 g/mol. The molecule has 0 bridgehead atoms. The Bertz CT molecular complexity index is 1350. The number of hydrogen-bond acceptors (Lipinski definition) is 2. The molecule has 0 aliphatic rings. The number of carbonyl (C=O) groups is 1. The van der Waals surface area contributed by atoms with E-state index in [0.717, 1.165) is 43.2 Å². The van der Waals surface area contributed by atoms with E-state index < -0.39 is 0 Å². The summed E-state index contributed by atoms with van der Waals surface area (Å²) >= 11 is 3.40. The van der Waals surface area contributed by atoms with Crippen molar-refractivity contribution < 1.29 is 9.21 Å². The maximum Gasteiger partial charge on any atom is 0.255 e. The molecule has 1 N–H and O–H groups in total. The van der Waals surface area contributed by atoms with Crippen LogP contribution in [0.25, 0.3) is 33.1 Å². The molecule has 0 aliphatic carbocycles. The molecule has 0 atom stereocenters. The number of carbonyl (C=O) groups excluding carboxylic acids is 1. The number of para-hydroxylation sites is 3. The third kappa shape index (κ3) is 3.22. The summed E-state index contributed by atoms with van der Waals surface area (Å²) in [7, 11) is 0. The summed E-state index contributed by atoms with van der Waals surface area (Å²) in [6, 6.07) is 29.2. The molecule has 3 nitrogen and oxygen atoms in total. The van der Waals surface area contributed by atoms with E-state index in [1.165, 1.54) is 0 Å². The Morgan fingerprint density at radius 1 is 0.724 bits per heavy atom. The summed E-state index contributed by atoms with van der Waals surface area (Å²) in [6.45, 7) is 0. The second kappa shape index (κ2) is 7.22. The minimum Gasteiger partial charge on any atom is -0.455 e. The highest BCUT2D eigenvalue weighted by molar-refractivity contribution is 9.10. The molecule has 1 aromatic heterocycles. The fourth-order valence-electron chi connectivity index (χ4n) is 3.58. The SMILES string of the molecule is O=C(Nc1ccccc1-c1cccc2c1oc1ccccc12)c1ccc(Br)cc1. The predicted molar refractivity (Wildman–Crippen MR) is 121 cm³/mol. The van der Waals surface area contributed by atoms with Crippen LogP contribution in [0.3, 0.4) is 0 Å². The van der Waals surface area contributed by atoms with Gasteiger partial charge in [-0.05, 0) is 36.4 Å². The van der Waals surface area contributed by atoms with E-state index in [1.807, 2.05) is 66.7 Å². The summed E-state index contributed by atoms with van der Waals surface area (Å²) in [5.74, 6) is -0.151. The van der Waals surface area contributed by atoms with Crippen LogP contribution in [0.5, 0.6) is 0 Å². The van der Waals surface area contributed by atoms with Gasteiger partial charge in [0.1, 0.15) is 11.2 Å². The summed E-state index contributed by atoms with van der Waals surface area (Å²) in [5, 5.41) is 5.19. The van der Waals surface area contributed by atoms with Crippen molar-refractivity contribution in [1.29, 1.82) is 0 Å². The zero-order valence-corrected chi connectivity index (χ0v) is 16.9. The zero-order chi connectivity index (χ0) is 19.8. The molecule has 4 heteroatoms. The van der Waals surface area contributed by atoms with Crippen LogP contribution in [0.2, 0.25) is 0 Å². The van der Waals surface area contributed by atoms with E-state index in [9.17, 15) is 4.79 Å². The van der Waals surface area contributed by atoms with E-state index in [-0.39, 0.29) is 5.91 Å². The first-order chi connectivity index (χ1) is 14.2. The summed E-state index contributed by atoms with van der Waals surface area (Å²) < 4.78 is 7.11. The van der Waals surface area contributed by atoms with E-state index >= 15 is 0 Å². The van der Waals surface area contributed by atoms with Crippen molar-refractivity contribution in [1.82, 2.24) is 0 Å². The van der Waals surface area contributed by atoms with E-state index in [4.69, 9.17) is 4.42 Å². The van der Waals surface area contributed by atoms with Crippen LogP contribution in [0, 0.1) is 0 Å². The van der Waals surface area contributed by atoms with Gasteiger partial charge in [-0.3, -0.25) is 4.79 Å². The van der Waals surface area contributed by atoms with Crippen LogP contribution < -0.4 is 5.32 Å². The number of hydrogen-bond donors (Lipinski definition) is 1. The molecule has 0 saturated heterocycles. The van der Waals surface area contributed by atoms with Crippen molar-refractivity contribution in [3.8, 4) is 11.1 Å². The van der Waals surface area contributed by atoms with Gasteiger partial charge in [-0.25, -0.2) is 0 Å². The molecule has 5 rings (SSSR count). The molecule has 0 saturated carbocycles. The van der Waals surface area contributed by atoms with Gasteiger partial charge in [0.2, 0.25) is 0 Å². The molecule has 1 amide bonds. The van der Waals surface area contributed by atoms with Crippen molar-refractivity contribution in [2.45, 2.75) is 0 Å². The molecule has 0 aliphatic heterocycles. The second-order valence-corrected chi connectivity index (χ2v) is 7.70. The summed E-state index contributed by atoms with van der Waals surface area (Å²) in [5.41, 5.74) is 4.89. The van der Waals surface area contributed by atoms with Gasteiger partial charge in [-0.1, -0.05) is 70.5 Å². The van der Waals surface area contributed by atoms with E-state index in [1.54, 1.807) is 12.1 Å². The third-order valence-corrected chi connectivity index (χ3v) is 5.50. The summed E-state index contributed by atoms with van der Waals surface area (Å²) in [6.07, 6.45) is 0. The molecule has 0 spiro atoms. The number of nitrogens with one attached hydrogen (secondary N) is 1. The maximum absolute atomic E-state index is 12.8. The van der Waals surface area contributed by atoms with E-state index in [0.29, 0.717) is 5.56 Å². The van der Waals surface area contributed by atoms with Gasteiger partial charge in [-0.2, -0.15) is 0 Å². The maximum atomic E-state index is 12.8. The Kier molecular flexibility index (Phi) is 4.41. The lowest BCUT2D eigenvalue weighted by molar-refractivity contribution is 0.102. The second-order valence-electron chi connectivity index (χ2n) is 6.79. The molecule has 29 heavy (non-hydrogen) atoms. The number of amides is 1. The Morgan fingerprint density at radius 3 is 2.28 bits per heavy atom. The van der Waals surface area contributed by atoms with Gasteiger partial charge in [0, 0.05) is 37.6 Å². The number of furan rings is 1. The molecule has 5 aromatic rings. The number of halogens is 1. The third-order valence-electron chi connectivity index (χ3n) is 4.98. The van der Waals surface area contributed by atoms with Crippen molar-refractivity contribution in [2.75, 3.05) is 5.32 Å². The van der Waals surface area contributed by atoms with Crippen molar-refractivity contribution in [2.24, 2.45) is 0 Å². The van der Waals surface area contributed by atoms with Gasteiger partial charge in [0.15, 0.2) is 0 Å². The first-order valence-corrected chi connectivity index (χ1v) is 10.1. The largest absolute Gasteiger partial charge is 0.455 e. The smallest absolute Gasteiger partial charge is 0.255 e. The Balaban J connectivity index is 1.61. The predicted octanol–water partition coefficient (Wildman–Crippen LogP) is 7.27.